The van der Waals surface area contributed by atoms with Gasteiger partial charge in [0.1, 0.15) is 3.70 Å². The van der Waals surface area contributed by atoms with E-state index >= 15 is 0 Å². The maximum Gasteiger partial charge on any atom is 0.332 e. The van der Waals surface area contributed by atoms with Gasteiger partial charge in [0.15, 0.2) is 5.65 Å². The topological polar surface area (TPSA) is 50.2 Å². The maximum absolute atomic E-state index is 11.7. The summed E-state index contributed by atoms with van der Waals surface area (Å²) < 4.78 is 2.37. The third-order valence-corrected chi connectivity index (χ3v) is 3.35. The summed E-state index contributed by atoms with van der Waals surface area (Å²) in [6.45, 7) is 0. The van der Waals surface area contributed by atoms with Crippen LogP contribution < -0.4 is 5.69 Å². The van der Waals surface area contributed by atoms with Crippen LogP contribution in [0.3, 0.4) is 0 Å². The zero-order valence-corrected chi connectivity index (χ0v) is 10.9. The number of nitrogens with zero attached hydrogens (tertiary/aromatic N) is 2. The van der Waals surface area contributed by atoms with Gasteiger partial charge in [0.2, 0.25) is 0 Å². The Hall–Kier alpha value is -1.63. The molecule has 0 bridgehead atoms. The predicted octanol–water partition coefficient (Wildman–Crippen LogP) is 2.29. The second-order valence-electron chi connectivity index (χ2n) is 3.61. The van der Waals surface area contributed by atoms with Gasteiger partial charge in [-0.05, 0) is 28.2 Å². The lowest BCUT2D eigenvalue weighted by molar-refractivity contribution is 0.985. The molecule has 0 aliphatic heterocycles. The zero-order valence-electron chi connectivity index (χ0n) is 8.72. The molecule has 0 saturated heterocycles. The van der Waals surface area contributed by atoms with E-state index in [1.165, 1.54) is 0 Å². The summed E-state index contributed by atoms with van der Waals surface area (Å²) in [4.78, 5) is 18.7. The maximum atomic E-state index is 11.7. The van der Waals surface area contributed by atoms with E-state index in [0.29, 0.717) is 5.65 Å². The van der Waals surface area contributed by atoms with Crippen molar-refractivity contribution in [3.63, 3.8) is 0 Å². The van der Waals surface area contributed by atoms with Gasteiger partial charge in [0.05, 0.1) is 6.20 Å². The van der Waals surface area contributed by atoms with Crippen molar-refractivity contribution in [2.45, 2.75) is 0 Å². The lowest BCUT2D eigenvalue weighted by Crippen LogP contribution is -2.17. The van der Waals surface area contributed by atoms with Gasteiger partial charge >= 0.3 is 5.69 Å². The van der Waals surface area contributed by atoms with Crippen LogP contribution in [-0.2, 0) is 0 Å². The molecule has 2 aromatic heterocycles. The number of hydrogen-bond acceptors (Lipinski definition) is 2. The number of imidazole rings is 1. The fourth-order valence-corrected chi connectivity index (χ4v) is 2.39. The molecule has 0 unspecified atom stereocenters. The van der Waals surface area contributed by atoms with Crippen molar-refractivity contribution in [2.75, 3.05) is 0 Å². The highest BCUT2D eigenvalue weighted by Crippen LogP contribution is 2.22. The van der Waals surface area contributed by atoms with Crippen LogP contribution in [0.2, 0.25) is 0 Å². The number of aromatic nitrogens is 3. The molecule has 4 nitrogen and oxygen atoms in total. The summed E-state index contributed by atoms with van der Waals surface area (Å²) in [6.07, 6.45) is 3.40. The Kier molecular flexibility index (Phi) is 2.47. The first-order valence-electron chi connectivity index (χ1n) is 5.07. The summed E-state index contributed by atoms with van der Waals surface area (Å²) >= 11 is 2.10. The molecule has 0 amide bonds. The van der Waals surface area contributed by atoms with Crippen LogP contribution in [0.25, 0.3) is 16.8 Å². The van der Waals surface area contributed by atoms with Crippen LogP contribution in [0, 0.1) is 3.70 Å². The Bertz CT molecular complexity index is 730. The molecule has 0 saturated carbocycles. The van der Waals surface area contributed by atoms with Crippen LogP contribution in [0.15, 0.2) is 47.5 Å². The molecule has 0 aliphatic rings. The summed E-state index contributed by atoms with van der Waals surface area (Å²) in [5.74, 6) is 0. The predicted molar refractivity (Wildman–Crippen MR) is 74.0 cm³/mol. The van der Waals surface area contributed by atoms with Gasteiger partial charge in [-0.3, -0.25) is 0 Å². The number of nitrogens with one attached hydrogen (secondary N) is 1. The number of H-pyrrole nitrogens is 1. The second-order valence-corrected chi connectivity index (χ2v) is 4.72. The molecule has 3 rings (SSSR count). The van der Waals surface area contributed by atoms with Crippen molar-refractivity contribution >= 4 is 28.2 Å². The lowest BCUT2D eigenvalue weighted by Gasteiger charge is -2.03. The van der Waals surface area contributed by atoms with Crippen LogP contribution in [0.1, 0.15) is 0 Å². The van der Waals surface area contributed by atoms with E-state index in [4.69, 9.17) is 0 Å². The average molecular weight is 337 g/mol. The molecule has 1 N–H and O–H groups in total. The number of halogens is 1. The summed E-state index contributed by atoms with van der Waals surface area (Å²) in [5.41, 5.74) is 2.48. The molecule has 0 fully saturated rings. The van der Waals surface area contributed by atoms with Crippen LogP contribution in [0.5, 0.6) is 0 Å². The van der Waals surface area contributed by atoms with Crippen molar-refractivity contribution < 1.29 is 0 Å². The van der Waals surface area contributed by atoms with Gasteiger partial charge in [-0.15, -0.1) is 0 Å². The Labute approximate surface area is 110 Å². The molecule has 5 heteroatoms. The van der Waals surface area contributed by atoms with Crippen LogP contribution in [-0.4, -0.2) is 14.4 Å². The molecule has 84 valence electrons. The first-order valence-corrected chi connectivity index (χ1v) is 6.15. The molecule has 0 aliphatic carbocycles. The highest BCUT2D eigenvalue weighted by molar-refractivity contribution is 14.1. The molecular formula is C12H8IN3O. The van der Waals surface area contributed by atoms with E-state index in [1.807, 2.05) is 30.3 Å². The van der Waals surface area contributed by atoms with Crippen molar-refractivity contribution in [2.24, 2.45) is 0 Å². The molecule has 2 heterocycles. The molecular weight excluding hydrogens is 329 g/mol. The minimum absolute atomic E-state index is 0.165. The average Bonchev–Trinajstić information content (AvgIpc) is 2.74. The normalized spacial score (nSPS) is 10.9. The van der Waals surface area contributed by atoms with Gasteiger partial charge < -0.3 is 4.98 Å². The van der Waals surface area contributed by atoms with Gasteiger partial charge in [-0.2, -0.15) is 0 Å². The molecule has 0 atom stereocenters. The Morgan fingerprint density at radius 3 is 2.76 bits per heavy atom. The first kappa shape index (κ1) is 10.5. The van der Waals surface area contributed by atoms with Crippen LogP contribution in [0.4, 0.5) is 0 Å². The molecule has 1 aromatic carbocycles. The molecule has 0 spiro atoms. The number of rotatable bonds is 1. The minimum Gasteiger partial charge on any atom is -0.313 e. The van der Waals surface area contributed by atoms with Crippen molar-refractivity contribution in [1.82, 2.24) is 14.4 Å². The smallest absolute Gasteiger partial charge is 0.313 e. The number of fused-ring (bicyclic) bond motifs is 1. The highest BCUT2D eigenvalue weighted by atomic mass is 127. The lowest BCUT2D eigenvalue weighted by atomic mass is 10.1. The minimum atomic E-state index is -0.165. The fraction of sp³-hybridized carbons (Fsp3) is 0. The quantitative estimate of drug-likeness (QED) is 0.693. The third-order valence-electron chi connectivity index (χ3n) is 2.59. The summed E-state index contributed by atoms with van der Waals surface area (Å²) in [6, 6.07) is 9.88. The summed E-state index contributed by atoms with van der Waals surface area (Å²) in [5, 5.41) is 0. The number of hydrogen-bond donors (Lipinski definition) is 1. The van der Waals surface area contributed by atoms with E-state index in [2.05, 4.69) is 32.6 Å². The largest absolute Gasteiger partial charge is 0.332 e. The van der Waals surface area contributed by atoms with Crippen LogP contribution >= 0.6 is 22.6 Å². The van der Waals surface area contributed by atoms with Crippen molar-refractivity contribution in [1.29, 1.82) is 0 Å². The zero-order chi connectivity index (χ0) is 11.8. The number of aromatic amines is 1. The standard InChI is InChI=1S/C12H8IN3O/c13-10-7-14-11-9(6-15-12(17)16(10)11)8-4-2-1-3-5-8/h1-7H,(H,15,17). The second kappa shape index (κ2) is 3.99. The molecule has 0 radical (unpaired) electrons. The Morgan fingerprint density at radius 1 is 1.24 bits per heavy atom. The summed E-state index contributed by atoms with van der Waals surface area (Å²) in [7, 11) is 0. The molecule has 3 aromatic rings. The van der Waals surface area contributed by atoms with Crippen molar-refractivity contribution in [3.05, 3.63) is 56.9 Å². The van der Waals surface area contributed by atoms with E-state index < -0.39 is 0 Å². The van der Waals surface area contributed by atoms with E-state index in [9.17, 15) is 4.79 Å². The van der Waals surface area contributed by atoms with E-state index in [-0.39, 0.29) is 5.69 Å². The monoisotopic (exact) mass is 337 g/mol. The van der Waals surface area contributed by atoms with Gasteiger partial charge in [-0.25, -0.2) is 14.2 Å². The first-order chi connectivity index (χ1) is 8.27. The highest BCUT2D eigenvalue weighted by Gasteiger charge is 2.10. The van der Waals surface area contributed by atoms with Gasteiger partial charge in [-0.1, -0.05) is 30.3 Å². The van der Waals surface area contributed by atoms with E-state index in [1.54, 1.807) is 16.8 Å². The molecule has 17 heavy (non-hydrogen) atoms. The van der Waals surface area contributed by atoms with Crippen molar-refractivity contribution in [3.8, 4) is 11.1 Å². The van der Waals surface area contributed by atoms with Gasteiger partial charge in [0, 0.05) is 11.8 Å². The number of benzene rings is 1. The Balaban J connectivity index is 2.40. The third kappa shape index (κ3) is 1.66. The van der Waals surface area contributed by atoms with E-state index in [0.717, 1.165) is 14.8 Å². The SMILES string of the molecule is O=c1[nH]cc(-c2ccccc2)c2ncc(I)n12. The fourth-order valence-electron chi connectivity index (χ4n) is 1.81. The Morgan fingerprint density at radius 2 is 2.00 bits per heavy atom. The van der Waals surface area contributed by atoms with Gasteiger partial charge in [0.25, 0.3) is 0 Å².